The van der Waals surface area contributed by atoms with Crippen LogP contribution in [-0.2, 0) is 19.2 Å². The molecule has 0 aromatic heterocycles. The highest BCUT2D eigenvalue weighted by molar-refractivity contribution is 6.22. The highest BCUT2D eigenvalue weighted by Gasteiger charge is 2.50. The maximum absolute atomic E-state index is 13.1. The number of anilines is 2. The molecular weight excluding hydrogens is 456 g/mol. The van der Waals surface area contributed by atoms with Crippen LogP contribution >= 0.6 is 0 Å². The molecule has 4 atom stereocenters. The van der Waals surface area contributed by atoms with Gasteiger partial charge in [0.15, 0.2) is 0 Å². The van der Waals surface area contributed by atoms with Crippen molar-refractivity contribution in [3.05, 3.63) is 65.2 Å². The van der Waals surface area contributed by atoms with Crippen LogP contribution in [0.3, 0.4) is 0 Å². The van der Waals surface area contributed by atoms with E-state index in [1.54, 1.807) is 30.0 Å². The van der Waals surface area contributed by atoms with E-state index >= 15 is 0 Å². The molecule has 7 nitrogen and oxygen atoms in total. The molecule has 5 rings (SSSR count). The lowest BCUT2D eigenvalue weighted by Crippen LogP contribution is -2.32. The van der Waals surface area contributed by atoms with Crippen LogP contribution in [0.1, 0.15) is 36.5 Å². The highest BCUT2D eigenvalue weighted by Crippen LogP contribution is 2.41. The number of benzene rings is 2. The molecule has 2 heterocycles. The third kappa shape index (κ3) is 3.92. The van der Waals surface area contributed by atoms with E-state index in [9.17, 15) is 19.2 Å². The lowest BCUT2D eigenvalue weighted by Gasteiger charge is -2.22. The molecule has 0 saturated carbocycles. The largest absolute Gasteiger partial charge is 0.426 e. The molecule has 186 valence electrons. The summed E-state index contributed by atoms with van der Waals surface area (Å²) in [6.45, 7) is 7.93. The Morgan fingerprint density at radius 2 is 1.69 bits per heavy atom. The number of hydrogen-bond donors (Lipinski definition) is 0. The summed E-state index contributed by atoms with van der Waals surface area (Å²) in [5.41, 5.74) is 4.01. The number of hydrogen-bond acceptors (Lipinski definition) is 5. The highest BCUT2D eigenvalue weighted by atomic mass is 16.5. The first-order valence-electron chi connectivity index (χ1n) is 12.4. The number of imide groups is 1. The van der Waals surface area contributed by atoms with Crippen molar-refractivity contribution in [2.24, 2.45) is 23.7 Å². The van der Waals surface area contributed by atoms with E-state index in [4.69, 9.17) is 4.74 Å². The Morgan fingerprint density at radius 1 is 0.972 bits per heavy atom. The second-order valence-electron chi connectivity index (χ2n) is 10.2. The summed E-state index contributed by atoms with van der Waals surface area (Å²) < 4.78 is 5.64. The first-order chi connectivity index (χ1) is 17.2. The molecule has 0 radical (unpaired) electrons. The van der Waals surface area contributed by atoms with Crippen LogP contribution in [0.25, 0.3) is 0 Å². The predicted molar refractivity (Wildman–Crippen MR) is 136 cm³/mol. The molecule has 2 aliphatic heterocycles. The van der Waals surface area contributed by atoms with Crippen molar-refractivity contribution in [2.45, 2.75) is 40.5 Å². The Balaban J connectivity index is 1.30. The summed E-state index contributed by atoms with van der Waals surface area (Å²) in [7, 11) is 0. The number of amides is 3. The molecule has 0 N–H and O–H groups in total. The zero-order valence-corrected chi connectivity index (χ0v) is 21.0. The Hall–Kier alpha value is -3.74. The molecule has 7 heteroatoms. The van der Waals surface area contributed by atoms with Crippen molar-refractivity contribution < 1.29 is 23.9 Å². The van der Waals surface area contributed by atoms with Gasteiger partial charge in [-0.1, -0.05) is 37.3 Å². The fourth-order valence-corrected chi connectivity index (χ4v) is 5.84. The molecule has 36 heavy (non-hydrogen) atoms. The Bertz CT molecular complexity index is 1290. The van der Waals surface area contributed by atoms with Crippen LogP contribution in [0.4, 0.5) is 11.4 Å². The van der Waals surface area contributed by atoms with Crippen molar-refractivity contribution in [1.82, 2.24) is 0 Å². The fraction of sp³-hybridized carbons (Fsp3) is 0.379. The van der Waals surface area contributed by atoms with Crippen LogP contribution < -0.4 is 14.5 Å². The summed E-state index contributed by atoms with van der Waals surface area (Å²) in [6, 6.07) is 10.8. The normalized spacial score (nSPS) is 25.5. The van der Waals surface area contributed by atoms with Gasteiger partial charge in [-0.25, -0.2) is 4.90 Å². The number of allylic oxidation sites excluding steroid dienone is 2. The summed E-state index contributed by atoms with van der Waals surface area (Å²) in [6.07, 6.45) is 4.64. The topological polar surface area (TPSA) is 84.0 Å². The van der Waals surface area contributed by atoms with Crippen molar-refractivity contribution >= 4 is 35.1 Å². The lowest BCUT2D eigenvalue weighted by molar-refractivity contribution is -0.139. The Labute approximate surface area is 210 Å². The van der Waals surface area contributed by atoms with Crippen molar-refractivity contribution in [1.29, 1.82) is 0 Å². The maximum Gasteiger partial charge on any atom is 0.316 e. The van der Waals surface area contributed by atoms with Gasteiger partial charge in [0, 0.05) is 18.7 Å². The van der Waals surface area contributed by atoms with E-state index in [0.29, 0.717) is 23.4 Å². The molecule has 2 saturated heterocycles. The minimum Gasteiger partial charge on any atom is -0.426 e. The quantitative estimate of drug-likeness (QED) is 0.279. The third-order valence-corrected chi connectivity index (χ3v) is 7.67. The molecule has 3 aliphatic rings. The monoisotopic (exact) mass is 486 g/mol. The van der Waals surface area contributed by atoms with Crippen LogP contribution in [0.15, 0.2) is 48.6 Å². The van der Waals surface area contributed by atoms with E-state index in [0.717, 1.165) is 16.8 Å². The van der Waals surface area contributed by atoms with Gasteiger partial charge in [-0.15, -0.1) is 0 Å². The first-order valence-corrected chi connectivity index (χ1v) is 12.4. The SMILES string of the molecule is Cc1cc(OC(=O)[C@@H]2CC(=O)N(c3c(C)cccc3C)C2)ccc1N1C(=O)[C@H]2[C@H](C)C=CC[C@H]2C1=O. The second-order valence-corrected chi connectivity index (χ2v) is 10.2. The van der Waals surface area contributed by atoms with Crippen molar-refractivity contribution in [3.8, 4) is 5.75 Å². The maximum atomic E-state index is 13.1. The second kappa shape index (κ2) is 9.04. The molecule has 0 unspecified atom stereocenters. The zero-order valence-electron chi connectivity index (χ0n) is 21.0. The lowest BCUT2D eigenvalue weighted by atomic mass is 9.78. The minimum absolute atomic E-state index is 0.0166. The van der Waals surface area contributed by atoms with E-state index in [2.05, 4.69) is 0 Å². The third-order valence-electron chi connectivity index (χ3n) is 7.67. The number of nitrogens with zero attached hydrogens (tertiary/aromatic N) is 2. The smallest absolute Gasteiger partial charge is 0.316 e. The number of aryl methyl sites for hydroxylation is 3. The van der Waals surface area contributed by atoms with Crippen molar-refractivity contribution in [3.63, 3.8) is 0 Å². The molecule has 3 amide bonds. The van der Waals surface area contributed by atoms with Gasteiger partial charge < -0.3 is 9.64 Å². The number of carbonyl (C=O) groups excluding carboxylic acids is 4. The summed E-state index contributed by atoms with van der Waals surface area (Å²) in [5.74, 6) is -1.81. The molecular formula is C29H30N2O5. The van der Waals surface area contributed by atoms with Gasteiger partial charge in [0.05, 0.1) is 23.4 Å². The standard InChI is InChI=1S/C29H30N2O5/c1-16-7-6-10-22-25(16)28(34)31(27(22)33)23-12-11-21(13-19(23)4)36-29(35)20-14-24(32)30(15-20)26-17(2)8-5-9-18(26)3/h5-9,11-13,16,20,22,25H,10,14-15H2,1-4H3/t16-,20-,22-,25+/m1/s1. The Kier molecular flexibility index (Phi) is 6.02. The van der Waals surface area contributed by atoms with Gasteiger partial charge in [-0.2, -0.15) is 0 Å². The molecule has 2 aromatic rings. The van der Waals surface area contributed by atoms with Gasteiger partial charge in [0.2, 0.25) is 17.7 Å². The molecule has 0 spiro atoms. The van der Waals surface area contributed by atoms with E-state index in [1.807, 2.05) is 51.1 Å². The summed E-state index contributed by atoms with van der Waals surface area (Å²) in [5, 5.41) is 0. The fourth-order valence-electron chi connectivity index (χ4n) is 5.84. The number of fused-ring (bicyclic) bond motifs is 1. The van der Waals surface area contributed by atoms with E-state index < -0.39 is 11.9 Å². The Morgan fingerprint density at radius 3 is 2.36 bits per heavy atom. The average molecular weight is 487 g/mol. The van der Waals surface area contributed by atoms with Crippen molar-refractivity contribution in [2.75, 3.05) is 16.3 Å². The first kappa shape index (κ1) is 24.0. The molecule has 1 aliphatic carbocycles. The summed E-state index contributed by atoms with van der Waals surface area (Å²) in [4.78, 5) is 54.8. The number of carbonyl (C=O) groups is 4. The number of rotatable bonds is 4. The van der Waals surface area contributed by atoms with Crippen LogP contribution in [0.5, 0.6) is 5.75 Å². The summed E-state index contributed by atoms with van der Waals surface area (Å²) >= 11 is 0. The molecule has 2 aromatic carbocycles. The van der Waals surface area contributed by atoms with E-state index in [-0.39, 0.29) is 48.4 Å². The minimum atomic E-state index is -0.574. The zero-order chi connectivity index (χ0) is 25.7. The predicted octanol–water partition coefficient (Wildman–Crippen LogP) is 4.27. The molecule has 2 fully saturated rings. The number of esters is 1. The van der Waals surface area contributed by atoms with Gasteiger partial charge in [0.25, 0.3) is 0 Å². The number of para-hydroxylation sites is 1. The van der Waals surface area contributed by atoms with Gasteiger partial charge >= 0.3 is 5.97 Å². The van der Waals surface area contributed by atoms with Crippen LogP contribution in [0, 0.1) is 44.4 Å². The van der Waals surface area contributed by atoms with Gasteiger partial charge in [-0.05, 0) is 68.0 Å². The average Bonchev–Trinajstić information content (AvgIpc) is 3.32. The van der Waals surface area contributed by atoms with Crippen LogP contribution in [0.2, 0.25) is 0 Å². The van der Waals surface area contributed by atoms with E-state index in [1.165, 1.54) is 4.90 Å². The number of ether oxygens (including phenoxy) is 1. The van der Waals surface area contributed by atoms with Crippen LogP contribution in [-0.4, -0.2) is 30.2 Å². The molecule has 0 bridgehead atoms. The van der Waals surface area contributed by atoms with Gasteiger partial charge in [0.1, 0.15) is 5.75 Å². The van der Waals surface area contributed by atoms with Gasteiger partial charge in [-0.3, -0.25) is 19.2 Å².